The second-order valence-corrected chi connectivity index (χ2v) is 12.8. The van der Waals surface area contributed by atoms with Crippen LogP contribution in [0.4, 0.5) is 22.8 Å². The molecule has 0 unspecified atom stereocenters. The molecular weight excluding hydrogens is 593 g/mol. The van der Waals surface area contributed by atoms with Gasteiger partial charge in [-0.15, -0.1) is 0 Å². The smallest absolute Gasteiger partial charge is 0.416 e. The fourth-order valence-corrected chi connectivity index (χ4v) is 6.00. The standard InChI is InChI=1S/C29H28ClF3N4O4S/c1-28(2,3)41-26(39)35-21-9-17(10-21)14-36-25(38)24(42-27(36)40)11-16-4-7-23-19(8-16)13-34-37(23)15-18-5-6-20(30)12-22(18)29(31,32)33/h4-8,11-13,17,21H,9-10,14-15H2,1-3H3,(H,35,39)/b24-11-. The minimum absolute atomic E-state index is 0.00228. The van der Waals surface area contributed by atoms with E-state index in [0.29, 0.717) is 29.3 Å². The lowest BCUT2D eigenvalue weighted by Gasteiger charge is -2.37. The van der Waals surface area contributed by atoms with Crippen LogP contribution in [0.5, 0.6) is 0 Å². The summed E-state index contributed by atoms with van der Waals surface area (Å²) in [4.78, 5) is 39.1. The molecule has 13 heteroatoms. The quantitative estimate of drug-likeness (QED) is 0.296. The molecule has 2 aromatic carbocycles. The topological polar surface area (TPSA) is 93.5 Å². The van der Waals surface area contributed by atoms with Crippen LogP contribution >= 0.6 is 23.4 Å². The van der Waals surface area contributed by atoms with E-state index in [1.807, 2.05) is 0 Å². The maximum Gasteiger partial charge on any atom is 0.416 e. The van der Waals surface area contributed by atoms with Crippen molar-refractivity contribution < 1.29 is 32.3 Å². The molecule has 8 nitrogen and oxygen atoms in total. The van der Waals surface area contributed by atoms with Crippen LogP contribution in [-0.2, 0) is 22.3 Å². The third-order valence-corrected chi connectivity index (χ3v) is 8.07. The molecule has 1 aliphatic heterocycles. The summed E-state index contributed by atoms with van der Waals surface area (Å²) in [7, 11) is 0. The average Bonchev–Trinajstić information content (AvgIpc) is 3.36. The number of fused-ring (bicyclic) bond motifs is 1. The van der Waals surface area contributed by atoms with Gasteiger partial charge in [0.15, 0.2) is 0 Å². The number of hydrogen-bond acceptors (Lipinski definition) is 6. The van der Waals surface area contributed by atoms with Gasteiger partial charge in [0.05, 0.1) is 28.7 Å². The van der Waals surface area contributed by atoms with Crippen molar-refractivity contribution in [1.82, 2.24) is 20.0 Å². The number of aromatic nitrogens is 2. The summed E-state index contributed by atoms with van der Waals surface area (Å²) < 4.78 is 47.3. The van der Waals surface area contributed by atoms with E-state index in [-0.39, 0.29) is 51.7 Å². The summed E-state index contributed by atoms with van der Waals surface area (Å²) in [6, 6.07) is 8.79. The van der Waals surface area contributed by atoms with Crippen LogP contribution in [0, 0.1) is 5.92 Å². The molecule has 0 atom stereocenters. The van der Waals surface area contributed by atoms with E-state index >= 15 is 0 Å². The lowest BCUT2D eigenvalue weighted by molar-refractivity contribution is -0.138. The number of carbonyl (C=O) groups is 3. The maximum absolute atomic E-state index is 13.5. The molecule has 5 rings (SSSR count). The van der Waals surface area contributed by atoms with Crippen molar-refractivity contribution in [3.05, 3.63) is 69.2 Å². The van der Waals surface area contributed by atoms with Gasteiger partial charge in [0, 0.05) is 23.0 Å². The molecule has 2 aliphatic rings. The van der Waals surface area contributed by atoms with Crippen molar-refractivity contribution in [2.75, 3.05) is 6.54 Å². The lowest BCUT2D eigenvalue weighted by Crippen LogP contribution is -2.49. The Kier molecular flexibility index (Phi) is 8.06. The van der Waals surface area contributed by atoms with E-state index in [4.69, 9.17) is 16.3 Å². The van der Waals surface area contributed by atoms with Crippen molar-refractivity contribution in [1.29, 1.82) is 0 Å². The van der Waals surface area contributed by atoms with Gasteiger partial charge in [-0.1, -0.05) is 23.7 Å². The Morgan fingerprint density at radius 2 is 1.90 bits per heavy atom. The van der Waals surface area contributed by atoms with Gasteiger partial charge >= 0.3 is 12.3 Å². The monoisotopic (exact) mass is 620 g/mol. The zero-order valence-electron chi connectivity index (χ0n) is 23.0. The number of carbonyl (C=O) groups excluding carboxylic acids is 3. The van der Waals surface area contributed by atoms with Crippen molar-refractivity contribution in [3.8, 4) is 0 Å². The van der Waals surface area contributed by atoms with E-state index in [2.05, 4.69) is 10.4 Å². The molecule has 1 saturated carbocycles. The van der Waals surface area contributed by atoms with Crippen LogP contribution in [0.2, 0.25) is 5.02 Å². The van der Waals surface area contributed by atoms with Crippen LogP contribution in [0.1, 0.15) is 50.3 Å². The molecule has 1 aromatic heterocycles. The fourth-order valence-electron chi connectivity index (χ4n) is 4.98. The normalized spacial score (nSPS) is 20.4. The van der Waals surface area contributed by atoms with Gasteiger partial charge in [-0.2, -0.15) is 18.3 Å². The minimum Gasteiger partial charge on any atom is -0.444 e. The van der Waals surface area contributed by atoms with E-state index in [1.54, 1.807) is 51.2 Å². The van der Waals surface area contributed by atoms with E-state index in [1.165, 1.54) is 21.7 Å². The summed E-state index contributed by atoms with van der Waals surface area (Å²) in [5.41, 5.74) is -0.107. The molecule has 3 amide bonds. The Bertz CT molecular complexity index is 1590. The highest BCUT2D eigenvalue weighted by Gasteiger charge is 2.40. The summed E-state index contributed by atoms with van der Waals surface area (Å²) in [6.45, 7) is 5.52. The van der Waals surface area contributed by atoms with E-state index in [0.717, 1.165) is 17.8 Å². The van der Waals surface area contributed by atoms with Gasteiger partial charge in [0.2, 0.25) is 0 Å². The molecule has 42 heavy (non-hydrogen) atoms. The third kappa shape index (κ3) is 6.75. The minimum atomic E-state index is -4.56. The van der Waals surface area contributed by atoms with Gasteiger partial charge in [0.25, 0.3) is 11.1 Å². The van der Waals surface area contributed by atoms with Gasteiger partial charge in [-0.3, -0.25) is 19.2 Å². The molecule has 0 bridgehead atoms. The van der Waals surface area contributed by atoms with Gasteiger partial charge in [-0.25, -0.2) is 4.79 Å². The highest BCUT2D eigenvalue weighted by molar-refractivity contribution is 8.18. The Hall–Kier alpha value is -3.51. The van der Waals surface area contributed by atoms with Crippen LogP contribution in [-0.4, -0.2) is 50.1 Å². The molecule has 1 N–H and O–H groups in total. The highest BCUT2D eigenvalue weighted by Crippen LogP contribution is 2.37. The van der Waals surface area contributed by atoms with Gasteiger partial charge in [-0.05, 0) is 92.8 Å². The SMILES string of the molecule is CC(C)(C)OC(=O)NC1CC(CN2C(=O)S/C(=C\c3ccc4c(cnn4Cc4ccc(Cl)cc4C(F)(F)F)c3)C2=O)C1. The van der Waals surface area contributed by atoms with Crippen molar-refractivity contribution in [2.45, 2.75) is 58.0 Å². The number of halogens is 4. The predicted octanol–water partition coefficient (Wildman–Crippen LogP) is 7.10. The van der Waals surface area contributed by atoms with Gasteiger partial charge in [0.1, 0.15) is 5.60 Å². The van der Waals surface area contributed by atoms with Crippen LogP contribution < -0.4 is 5.32 Å². The number of rotatable bonds is 6. The zero-order valence-corrected chi connectivity index (χ0v) is 24.6. The average molecular weight is 621 g/mol. The van der Waals surface area contributed by atoms with Crippen molar-refractivity contribution in [2.24, 2.45) is 5.92 Å². The summed E-state index contributed by atoms with van der Waals surface area (Å²) >= 11 is 6.65. The first-order valence-electron chi connectivity index (χ1n) is 13.2. The van der Waals surface area contributed by atoms with Gasteiger partial charge < -0.3 is 10.1 Å². The molecule has 0 spiro atoms. The maximum atomic E-state index is 13.5. The van der Waals surface area contributed by atoms with Crippen molar-refractivity contribution >= 4 is 57.6 Å². The summed E-state index contributed by atoms with van der Waals surface area (Å²) in [5, 5.41) is 7.38. The molecular formula is C29H28ClF3N4O4S. The number of thioether (sulfide) groups is 1. The summed E-state index contributed by atoms with van der Waals surface area (Å²) in [5.74, 6) is -0.301. The zero-order chi connectivity index (χ0) is 30.4. The first kappa shape index (κ1) is 30.0. The van der Waals surface area contributed by atoms with E-state index < -0.39 is 23.4 Å². The second kappa shape index (κ2) is 11.3. The Balaban J connectivity index is 1.23. The molecule has 1 aliphatic carbocycles. The fraction of sp³-hybridized carbons (Fsp3) is 0.379. The number of nitrogens with zero attached hydrogens (tertiary/aromatic N) is 3. The number of alkyl halides is 3. The van der Waals surface area contributed by atoms with Crippen LogP contribution in [0.3, 0.4) is 0 Å². The highest BCUT2D eigenvalue weighted by atomic mass is 35.5. The molecule has 3 aromatic rings. The lowest BCUT2D eigenvalue weighted by atomic mass is 9.80. The van der Waals surface area contributed by atoms with Crippen molar-refractivity contribution in [3.63, 3.8) is 0 Å². The molecule has 1 saturated heterocycles. The largest absolute Gasteiger partial charge is 0.444 e. The number of ether oxygens (including phenoxy) is 1. The Labute approximate surface area is 249 Å². The first-order valence-corrected chi connectivity index (χ1v) is 14.4. The Morgan fingerprint density at radius 3 is 2.60 bits per heavy atom. The number of imide groups is 1. The van der Waals surface area contributed by atoms with Crippen LogP contribution in [0.25, 0.3) is 17.0 Å². The molecule has 2 fully saturated rings. The number of benzene rings is 2. The Morgan fingerprint density at radius 1 is 1.17 bits per heavy atom. The molecule has 0 radical (unpaired) electrons. The second-order valence-electron chi connectivity index (χ2n) is 11.4. The number of hydrogen-bond donors (Lipinski definition) is 1. The third-order valence-electron chi connectivity index (χ3n) is 6.93. The van der Waals surface area contributed by atoms with E-state index in [9.17, 15) is 27.6 Å². The molecule has 2 heterocycles. The molecule has 222 valence electrons. The number of nitrogens with one attached hydrogen (secondary N) is 1. The number of alkyl carbamates (subject to hydrolysis) is 1. The first-order chi connectivity index (χ1) is 19.7. The predicted molar refractivity (Wildman–Crippen MR) is 154 cm³/mol. The summed E-state index contributed by atoms with van der Waals surface area (Å²) in [6.07, 6.45) is -0.603. The van der Waals surface area contributed by atoms with Crippen LogP contribution in [0.15, 0.2) is 47.5 Å². The number of amides is 3.